The fraction of sp³-hybridized carbons (Fsp3) is 0.706. The molecule has 1 aliphatic rings. The molecular formula is C17H28N4O6. The Labute approximate surface area is 158 Å². The van der Waals surface area contributed by atoms with E-state index in [4.69, 9.17) is 4.74 Å². The summed E-state index contributed by atoms with van der Waals surface area (Å²) in [6.07, 6.45) is 2.08. The predicted octanol–water partition coefficient (Wildman–Crippen LogP) is 0.512. The van der Waals surface area contributed by atoms with Gasteiger partial charge in [-0.1, -0.05) is 33.6 Å². The van der Waals surface area contributed by atoms with Crippen LogP contribution in [-0.2, 0) is 19.1 Å². The molecule has 152 valence electrons. The molecule has 10 nitrogen and oxygen atoms in total. The molecule has 1 aliphatic heterocycles. The van der Waals surface area contributed by atoms with Gasteiger partial charge in [0.05, 0.1) is 0 Å². The number of nitrogens with zero attached hydrogens (tertiary/aromatic N) is 1. The smallest absolute Gasteiger partial charge is 0.326 e. The number of esters is 1. The molecule has 1 fully saturated rings. The maximum atomic E-state index is 12.4. The summed E-state index contributed by atoms with van der Waals surface area (Å²) in [5.41, 5.74) is -1.04. The number of amides is 6. The van der Waals surface area contributed by atoms with E-state index in [0.29, 0.717) is 13.0 Å². The summed E-state index contributed by atoms with van der Waals surface area (Å²) in [5, 5.41) is 7.07. The van der Waals surface area contributed by atoms with Crippen molar-refractivity contribution in [2.45, 2.75) is 52.5 Å². The van der Waals surface area contributed by atoms with Gasteiger partial charge in [-0.2, -0.15) is 0 Å². The van der Waals surface area contributed by atoms with Crippen LogP contribution in [0, 0.1) is 5.92 Å². The normalized spacial score (nSPS) is 19.1. The second kappa shape index (κ2) is 9.89. The number of hydrogen-bond donors (Lipinski definition) is 3. The zero-order chi connectivity index (χ0) is 20.6. The first-order chi connectivity index (χ1) is 12.6. The monoisotopic (exact) mass is 384 g/mol. The number of carbonyl (C=O) groups excluding carboxylic acids is 5. The Morgan fingerprint density at radius 1 is 1.26 bits per heavy atom. The summed E-state index contributed by atoms with van der Waals surface area (Å²) >= 11 is 0. The summed E-state index contributed by atoms with van der Waals surface area (Å²) < 4.78 is 4.73. The minimum Gasteiger partial charge on any atom is -0.454 e. The topological polar surface area (TPSA) is 134 Å². The Hall–Kier alpha value is -2.65. The van der Waals surface area contributed by atoms with E-state index in [-0.39, 0.29) is 5.92 Å². The Morgan fingerprint density at radius 2 is 1.93 bits per heavy atom. The Kier molecular flexibility index (Phi) is 8.20. The minimum atomic E-state index is -1.04. The van der Waals surface area contributed by atoms with E-state index in [9.17, 15) is 24.0 Å². The first-order valence-corrected chi connectivity index (χ1v) is 8.96. The van der Waals surface area contributed by atoms with Crippen molar-refractivity contribution in [2.24, 2.45) is 5.92 Å². The van der Waals surface area contributed by atoms with Crippen LogP contribution in [0.2, 0.25) is 0 Å². The van der Waals surface area contributed by atoms with Crippen molar-refractivity contribution in [3.8, 4) is 0 Å². The van der Waals surface area contributed by atoms with Gasteiger partial charge in [0.2, 0.25) is 0 Å². The van der Waals surface area contributed by atoms with Crippen LogP contribution in [0.4, 0.5) is 9.59 Å². The molecule has 1 rings (SSSR count). The van der Waals surface area contributed by atoms with E-state index < -0.39 is 48.5 Å². The molecule has 1 atom stereocenters. The lowest BCUT2D eigenvalue weighted by molar-refractivity contribution is -0.150. The quantitative estimate of drug-likeness (QED) is 0.392. The summed E-state index contributed by atoms with van der Waals surface area (Å²) in [6, 6.07) is -1.36. The van der Waals surface area contributed by atoms with E-state index in [0.717, 1.165) is 17.7 Å². The van der Waals surface area contributed by atoms with Gasteiger partial charge >= 0.3 is 18.0 Å². The van der Waals surface area contributed by atoms with Crippen molar-refractivity contribution in [1.82, 2.24) is 20.9 Å². The van der Waals surface area contributed by atoms with Crippen LogP contribution in [0.25, 0.3) is 0 Å². The van der Waals surface area contributed by atoms with E-state index >= 15 is 0 Å². The second-order valence-corrected chi connectivity index (χ2v) is 7.07. The van der Waals surface area contributed by atoms with Gasteiger partial charge in [-0.05, 0) is 19.3 Å². The lowest BCUT2D eigenvalue weighted by atomic mass is 9.95. The highest BCUT2D eigenvalue weighted by molar-refractivity contribution is 6.08. The SMILES string of the molecule is CCCC[C@]1(C)NC(=O)N(CC(=O)OCC(=O)NC(=O)NCC(C)C)C1=O. The van der Waals surface area contributed by atoms with Gasteiger partial charge in [-0.15, -0.1) is 0 Å². The first-order valence-electron chi connectivity index (χ1n) is 8.96. The number of ether oxygens (including phenoxy) is 1. The molecule has 0 bridgehead atoms. The van der Waals surface area contributed by atoms with E-state index in [2.05, 4.69) is 10.6 Å². The third-order valence-electron chi connectivity index (χ3n) is 3.95. The van der Waals surface area contributed by atoms with Crippen LogP contribution in [-0.4, -0.2) is 60.0 Å². The number of unbranched alkanes of at least 4 members (excludes halogenated alkanes) is 1. The molecule has 3 N–H and O–H groups in total. The van der Waals surface area contributed by atoms with Gasteiger partial charge in [-0.25, -0.2) is 9.59 Å². The highest BCUT2D eigenvalue weighted by Crippen LogP contribution is 2.23. The van der Waals surface area contributed by atoms with Gasteiger partial charge in [0, 0.05) is 6.54 Å². The van der Waals surface area contributed by atoms with Crippen molar-refractivity contribution >= 4 is 29.8 Å². The Morgan fingerprint density at radius 3 is 2.52 bits per heavy atom. The van der Waals surface area contributed by atoms with Crippen LogP contribution in [0.3, 0.4) is 0 Å². The third-order valence-corrected chi connectivity index (χ3v) is 3.95. The van der Waals surface area contributed by atoms with Crippen LogP contribution in [0.15, 0.2) is 0 Å². The molecule has 6 amide bonds. The fourth-order valence-corrected chi connectivity index (χ4v) is 2.41. The fourth-order valence-electron chi connectivity index (χ4n) is 2.41. The number of hydrogen-bond acceptors (Lipinski definition) is 6. The predicted molar refractivity (Wildman–Crippen MR) is 95.5 cm³/mol. The summed E-state index contributed by atoms with van der Waals surface area (Å²) in [6.45, 7) is 6.47. The van der Waals surface area contributed by atoms with Crippen molar-refractivity contribution in [2.75, 3.05) is 19.7 Å². The van der Waals surface area contributed by atoms with E-state index in [1.807, 2.05) is 26.1 Å². The number of imide groups is 2. The molecule has 0 unspecified atom stereocenters. The summed E-state index contributed by atoms with van der Waals surface area (Å²) in [7, 11) is 0. The molecule has 0 radical (unpaired) electrons. The molecule has 0 spiro atoms. The summed E-state index contributed by atoms with van der Waals surface area (Å²) in [4.78, 5) is 60.0. The standard InChI is InChI=1S/C17H28N4O6/c1-5-6-7-17(4)14(24)21(16(26)20-17)9-13(23)27-10-12(22)19-15(25)18-8-11(2)3/h11H,5-10H2,1-4H3,(H,20,26)(H2,18,19,22,25)/t17-/m0/s1. The lowest BCUT2D eigenvalue weighted by Crippen LogP contribution is -2.44. The Balaban J connectivity index is 2.44. The first kappa shape index (κ1) is 22.4. The molecule has 27 heavy (non-hydrogen) atoms. The molecule has 0 aliphatic carbocycles. The van der Waals surface area contributed by atoms with E-state index in [1.54, 1.807) is 6.92 Å². The number of carbonyl (C=O) groups is 5. The van der Waals surface area contributed by atoms with Crippen LogP contribution < -0.4 is 16.0 Å². The zero-order valence-electron chi connectivity index (χ0n) is 16.2. The maximum Gasteiger partial charge on any atom is 0.326 e. The van der Waals surface area contributed by atoms with Gasteiger partial charge in [0.25, 0.3) is 11.8 Å². The van der Waals surface area contributed by atoms with Gasteiger partial charge < -0.3 is 15.4 Å². The van der Waals surface area contributed by atoms with Crippen molar-refractivity contribution < 1.29 is 28.7 Å². The van der Waals surface area contributed by atoms with Crippen LogP contribution in [0.5, 0.6) is 0 Å². The number of nitrogens with one attached hydrogen (secondary N) is 3. The molecule has 0 saturated carbocycles. The number of urea groups is 2. The number of rotatable bonds is 9. The van der Waals surface area contributed by atoms with Gasteiger partial charge in [0.15, 0.2) is 6.61 Å². The van der Waals surface area contributed by atoms with Crippen molar-refractivity contribution in [1.29, 1.82) is 0 Å². The highest BCUT2D eigenvalue weighted by atomic mass is 16.5. The third kappa shape index (κ3) is 6.87. The molecule has 0 aromatic rings. The van der Waals surface area contributed by atoms with Crippen LogP contribution in [0.1, 0.15) is 47.0 Å². The van der Waals surface area contributed by atoms with Crippen LogP contribution >= 0.6 is 0 Å². The van der Waals surface area contributed by atoms with Gasteiger partial charge in [-0.3, -0.25) is 24.6 Å². The largest absolute Gasteiger partial charge is 0.454 e. The van der Waals surface area contributed by atoms with E-state index in [1.165, 1.54) is 0 Å². The second-order valence-electron chi connectivity index (χ2n) is 7.07. The molecule has 1 heterocycles. The maximum absolute atomic E-state index is 12.4. The van der Waals surface area contributed by atoms with Gasteiger partial charge in [0.1, 0.15) is 12.1 Å². The van der Waals surface area contributed by atoms with Crippen molar-refractivity contribution in [3.63, 3.8) is 0 Å². The minimum absolute atomic E-state index is 0.218. The van der Waals surface area contributed by atoms with Crippen molar-refractivity contribution in [3.05, 3.63) is 0 Å². The highest BCUT2D eigenvalue weighted by Gasteiger charge is 2.47. The zero-order valence-corrected chi connectivity index (χ0v) is 16.2. The average Bonchev–Trinajstić information content (AvgIpc) is 2.80. The molecule has 0 aromatic heterocycles. The molecular weight excluding hydrogens is 356 g/mol. The average molecular weight is 384 g/mol. The molecule has 10 heteroatoms. The summed E-state index contributed by atoms with van der Waals surface area (Å²) in [5.74, 6) is -2.02. The molecule has 0 aromatic carbocycles. The lowest BCUT2D eigenvalue weighted by Gasteiger charge is -2.21. The molecule has 1 saturated heterocycles. The Bertz CT molecular complexity index is 606.